The number of rotatable bonds is 20. The molecule has 0 atom stereocenters. The van der Waals surface area contributed by atoms with Crippen molar-refractivity contribution in [1.29, 1.82) is 0 Å². The molecule has 0 radical (unpaired) electrons. The van der Waals surface area contributed by atoms with Crippen molar-refractivity contribution in [2.45, 2.75) is 144 Å². The number of likely N-dealkylation sites (tertiary alicyclic amines) is 2. The Labute approximate surface area is 260 Å². The molecule has 0 saturated carbocycles. The van der Waals surface area contributed by atoms with Gasteiger partial charge < -0.3 is 19.3 Å². The third kappa shape index (κ3) is 17.9. The maximum absolute atomic E-state index is 12.2. The van der Waals surface area contributed by atoms with Gasteiger partial charge in [-0.15, -0.1) is 0 Å². The van der Waals surface area contributed by atoms with Crippen molar-refractivity contribution in [3.05, 3.63) is 0 Å². The average molecular weight is 593 g/mol. The molecular formula is C36H68N2O4. The number of carbonyl (C=O) groups is 2. The SMILES string of the molecule is CCC(C)(C)CCCCOC(=O)CCN1CCC(CCCC2CCN(CCC(=O)OCCCCC(C)(C)C)CC2)CC1. The predicted molar refractivity (Wildman–Crippen MR) is 175 cm³/mol. The van der Waals surface area contributed by atoms with Crippen LogP contribution in [0.5, 0.6) is 0 Å². The molecule has 0 unspecified atom stereocenters. The summed E-state index contributed by atoms with van der Waals surface area (Å²) in [6.07, 6.45) is 18.0. The van der Waals surface area contributed by atoms with Crippen LogP contribution in [0.25, 0.3) is 0 Å². The second-order valence-electron chi connectivity index (χ2n) is 15.4. The first-order valence-corrected chi connectivity index (χ1v) is 17.7. The fraction of sp³-hybridized carbons (Fsp3) is 0.944. The monoisotopic (exact) mass is 593 g/mol. The minimum atomic E-state index is -0.0312. The Hall–Kier alpha value is -1.14. The van der Waals surface area contributed by atoms with Gasteiger partial charge in [0, 0.05) is 13.1 Å². The average Bonchev–Trinajstić information content (AvgIpc) is 2.95. The third-order valence-electron chi connectivity index (χ3n) is 9.96. The summed E-state index contributed by atoms with van der Waals surface area (Å²) in [5.41, 5.74) is 0.761. The summed E-state index contributed by atoms with van der Waals surface area (Å²) in [6.45, 7) is 21.0. The molecule has 0 bridgehead atoms. The van der Waals surface area contributed by atoms with Crippen LogP contribution in [0.15, 0.2) is 0 Å². The van der Waals surface area contributed by atoms with E-state index in [-0.39, 0.29) is 11.9 Å². The van der Waals surface area contributed by atoms with Crippen LogP contribution in [0.1, 0.15) is 144 Å². The Bertz CT molecular complexity index is 731. The molecule has 2 heterocycles. The Balaban J connectivity index is 1.42. The van der Waals surface area contributed by atoms with E-state index in [1.54, 1.807) is 0 Å². The molecule has 2 saturated heterocycles. The first-order chi connectivity index (χ1) is 20.0. The van der Waals surface area contributed by atoms with E-state index in [1.165, 1.54) is 64.2 Å². The van der Waals surface area contributed by atoms with Crippen LogP contribution in [0, 0.1) is 22.7 Å². The normalized spacial score (nSPS) is 18.3. The smallest absolute Gasteiger partial charge is 0.307 e. The molecule has 0 N–H and O–H groups in total. The van der Waals surface area contributed by atoms with E-state index in [9.17, 15) is 9.59 Å². The van der Waals surface area contributed by atoms with Crippen LogP contribution >= 0.6 is 0 Å². The zero-order valence-corrected chi connectivity index (χ0v) is 28.7. The van der Waals surface area contributed by atoms with Crippen LogP contribution in [-0.2, 0) is 19.1 Å². The number of carbonyl (C=O) groups excluding carboxylic acids is 2. The Morgan fingerprint density at radius 2 is 1.07 bits per heavy atom. The molecule has 2 aliphatic rings. The van der Waals surface area contributed by atoms with Gasteiger partial charge in [0.1, 0.15) is 0 Å². The molecule has 6 heteroatoms. The molecule has 6 nitrogen and oxygen atoms in total. The van der Waals surface area contributed by atoms with E-state index in [2.05, 4.69) is 51.3 Å². The highest BCUT2D eigenvalue weighted by molar-refractivity contribution is 5.69. The standard InChI is InChI=1S/C36H68N2O4/c1-7-36(5,6)22-9-11-30-42-34(40)20-28-38-25-17-32(18-26-38)14-12-13-31-15-23-37(24-16-31)27-19-33(39)41-29-10-8-21-35(2,3)4/h31-32H,7-30H2,1-6H3. The third-order valence-corrected chi connectivity index (χ3v) is 9.96. The lowest BCUT2D eigenvalue weighted by Crippen LogP contribution is -2.36. The van der Waals surface area contributed by atoms with E-state index >= 15 is 0 Å². The minimum Gasteiger partial charge on any atom is -0.466 e. The van der Waals surface area contributed by atoms with Gasteiger partial charge in [-0.2, -0.15) is 0 Å². The van der Waals surface area contributed by atoms with E-state index in [1.807, 2.05) is 0 Å². The largest absolute Gasteiger partial charge is 0.466 e. The second-order valence-corrected chi connectivity index (χ2v) is 15.4. The molecule has 2 rings (SSSR count). The molecule has 2 fully saturated rings. The highest BCUT2D eigenvalue weighted by atomic mass is 16.5. The van der Waals surface area contributed by atoms with Crippen LogP contribution in [0.4, 0.5) is 0 Å². The molecule has 2 aliphatic heterocycles. The number of piperidine rings is 2. The molecule has 0 spiro atoms. The molecule has 42 heavy (non-hydrogen) atoms. The molecule has 246 valence electrons. The van der Waals surface area contributed by atoms with Crippen molar-refractivity contribution in [2.24, 2.45) is 22.7 Å². The van der Waals surface area contributed by atoms with E-state index < -0.39 is 0 Å². The Morgan fingerprint density at radius 3 is 1.48 bits per heavy atom. The Kier molecular flexibility index (Phi) is 17.6. The van der Waals surface area contributed by atoms with Crippen molar-refractivity contribution in [1.82, 2.24) is 9.80 Å². The number of hydrogen-bond donors (Lipinski definition) is 0. The van der Waals surface area contributed by atoms with Crippen molar-refractivity contribution in [2.75, 3.05) is 52.5 Å². The summed E-state index contributed by atoms with van der Waals surface area (Å²) in [5, 5.41) is 0. The van der Waals surface area contributed by atoms with Crippen molar-refractivity contribution in [3.8, 4) is 0 Å². The van der Waals surface area contributed by atoms with Crippen molar-refractivity contribution < 1.29 is 19.1 Å². The van der Waals surface area contributed by atoms with Gasteiger partial charge in [0.05, 0.1) is 26.1 Å². The van der Waals surface area contributed by atoms with E-state index in [0.29, 0.717) is 36.9 Å². The number of esters is 2. The fourth-order valence-corrected chi connectivity index (χ4v) is 6.35. The first kappa shape index (κ1) is 37.0. The second kappa shape index (κ2) is 20.0. The summed E-state index contributed by atoms with van der Waals surface area (Å²) in [6, 6.07) is 0. The van der Waals surface area contributed by atoms with Crippen LogP contribution in [-0.4, -0.2) is 74.2 Å². The summed E-state index contributed by atoms with van der Waals surface area (Å²) in [5.74, 6) is 1.64. The van der Waals surface area contributed by atoms with Gasteiger partial charge >= 0.3 is 11.9 Å². The van der Waals surface area contributed by atoms with Crippen LogP contribution in [0.3, 0.4) is 0 Å². The summed E-state index contributed by atoms with van der Waals surface area (Å²) < 4.78 is 10.9. The quantitative estimate of drug-likeness (QED) is 0.105. The number of nitrogens with zero attached hydrogens (tertiary/aromatic N) is 2. The summed E-state index contributed by atoms with van der Waals surface area (Å²) in [7, 11) is 0. The summed E-state index contributed by atoms with van der Waals surface area (Å²) in [4.78, 5) is 29.2. The summed E-state index contributed by atoms with van der Waals surface area (Å²) >= 11 is 0. The lowest BCUT2D eigenvalue weighted by atomic mass is 9.85. The lowest BCUT2D eigenvalue weighted by Gasteiger charge is -2.33. The zero-order chi connectivity index (χ0) is 30.8. The fourth-order valence-electron chi connectivity index (χ4n) is 6.35. The number of hydrogen-bond acceptors (Lipinski definition) is 6. The van der Waals surface area contributed by atoms with Gasteiger partial charge in [-0.3, -0.25) is 9.59 Å². The molecule has 0 aliphatic carbocycles. The minimum absolute atomic E-state index is 0.0279. The van der Waals surface area contributed by atoms with E-state index in [4.69, 9.17) is 9.47 Å². The Morgan fingerprint density at radius 1 is 0.643 bits per heavy atom. The van der Waals surface area contributed by atoms with Crippen LogP contribution in [0.2, 0.25) is 0 Å². The highest BCUT2D eigenvalue weighted by Crippen LogP contribution is 2.28. The number of unbranched alkanes of at least 4 members (excludes halogenated alkanes) is 2. The highest BCUT2D eigenvalue weighted by Gasteiger charge is 2.23. The molecule has 0 aromatic carbocycles. The van der Waals surface area contributed by atoms with E-state index in [0.717, 1.165) is 76.8 Å². The maximum atomic E-state index is 12.2. The molecule has 0 aromatic rings. The van der Waals surface area contributed by atoms with Gasteiger partial charge in [0.2, 0.25) is 0 Å². The van der Waals surface area contributed by atoms with Gasteiger partial charge in [-0.1, -0.05) is 67.2 Å². The van der Waals surface area contributed by atoms with Crippen molar-refractivity contribution in [3.63, 3.8) is 0 Å². The predicted octanol–water partition coefficient (Wildman–Crippen LogP) is 8.27. The van der Waals surface area contributed by atoms with Crippen molar-refractivity contribution >= 4 is 11.9 Å². The van der Waals surface area contributed by atoms with Crippen LogP contribution < -0.4 is 0 Å². The molecule has 0 aromatic heterocycles. The zero-order valence-electron chi connectivity index (χ0n) is 28.7. The van der Waals surface area contributed by atoms with Gasteiger partial charge in [-0.05, 0) is 113 Å². The lowest BCUT2D eigenvalue weighted by molar-refractivity contribution is -0.145. The molecular weight excluding hydrogens is 524 g/mol. The molecule has 0 amide bonds. The van der Waals surface area contributed by atoms with Gasteiger partial charge in [0.25, 0.3) is 0 Å². The van der Waals surface area contributed by atoms with Gasteiger partial charge in [-0.25, -0.2) is 0 Å². The number of ether oxygens (including phenoxy) is 2. The van der Waals surface area contributed by atoms with Gasteiger partial charge in [0.15, 0.2) is 0 Å². The first-order valence-electron chi connectivity index (χ1n) is 17.7. The maximum Gasteiger partial charge on any atom is 0.307 e. The topological polar surface area (TPSA) is 59.1 Å².